The Labute approximate surface area is 117 Å². The predicted molar refractivity (Wildman–Crippen MR) is 74.3 cm³/mol. The summed E-state index contributed by atoms with van der Waals surface area (Å²) >= 11 is 1.18. The van der Waals surface area contributed by atoms with Gasteiger partial charge in [-0.2, -0.15) is 0 Å². The summed E-state index contributed by atoms with van der Waals surface area (Å²) in [5, 5.41) is 4.92. The number of hydrogen-bond acceptors (Lipinski definition) is 5. The molecular weight excluding hydrogens is 296 g/mol. The fourth-order valence-electron chi connectivity index (χ4n) is 1.84. The first kappa shape index (κ1) is 15.7. The maximum absolute atomic E-state index is 12.1. The Morgan fingerprint density at radius 1 is 1.44 bits per heavy atom. The van der Waals surface area contributed by atoms with Crippen molar-refractivity contribution < 1.29 is 13.2 Å². The lowest BCUT2D eigenvalue weighted by atomic mass is 10.1. The van der Waals surface area contributed by atoms with E-state index in [9.17, 15) is 8.42 Å². The maximum atomic E-state index is 12.1. The molecule has 0 radical (unpaired) electrons. The number of methoxy groups -OCH3 is 1. The van der Waals surface area contributed by atoms with E-state index >= 15 is 0 Å². The SMILES string of the molecule is COc1ccsc1S(=O)(=O)NC1CCNCC1.Cl. The van der Waals surface area contributed by atoms with Gasteiger partial charge in [-0.05, 0) is 37.4 Å². The van der Waals surface area contributed by atoms with Gasteiger partial charge in [0.15, 0.2) is 4.21 Å². The normalized spacial score (nSPS) is 17.2. The van der Waals surface area contributed by atoms with Crippen molar-refractivity contribution >= 4 is 33.8 Å². The van der Waals surface area contributed by atoms with Gasteiger partial charge in [0, 0.05) is 6.04 Å². The highest BCUT2D eigenvalue weighted by Gasteiger charge is 2.25. The molecule has 2 rings (SSSR count). The van der Waals surface area contributed by atoms with Crippen LogP contribution in [-0.4, -0.2) is 34.7 Å². The molecule has 1 aromatic rings. The second-order valence-electron chi connectivity index (χ2n) is 3.92. The zero-order valence-electron chi connectivity index (χ0n) is 10.0. The van der Waals surface area contributed by atoms with E-state index in [4.69, 9.17) is 4.74 Å². The Balaban J connectivity index is 0.00000162. The third kappa shape index (κ3) is 3.58. The number of rotatable bonds is 4. The molecule has 0 aromatic carbocycles. The molecule has 1 aromatic heterocycles. The molecule has 1 aliphatic heterocycles. The molecular formula is C10H17ClN2O3S2. The van der Waals surface area contributed by atoms with Crippen molar-refractivity contribution in [2.24, 2.45) is 0 Å². The van der Waals surface area contributed by atoms with Crippen molar-refractivity contribution in [1.29, 1.82) is 0 Å². The lowest BCUT2D eigenvalue weighted by molar-refractivity contribution is 0.403. The van der Waals surface area contributed by atoms with Gasteiger partial charge in [-0.15, -0.1) is 23.7 Å². The molecule has 1 fully saturated rings. The molecule has 0 atom stereocenters. The fourth-order valence-corrected chi connectivity index (χ4v) is 4.44. The third-order valence-electron chi connectivity index (χ3n) is 2.72. The van der Waals surface area contributed by atoms with Gasteiger partial charge in [0.05, 0.1) is 7.11 Å². The first-order valence-corrected chi connectivity index (χ1v) is 7.84. The van der Waals surface area contributed by atoms with Crippen LogP contribution in [0.3, 0.4) is 0 Å². The molecule has 2 N–H and O–H groups in total. The lowest BCUT2D eigenvalue weighted by Gasteiger charge is -2.23. The summed E-state index contributed by atoms with van der Waals surface area (Å²) in [4.78, 5) is 0. The van der Waals surface area contributed by atoms with E-state index in [1.54, 1.807) is 11.4 Å². The Kier molecular flexibility index (Phi) is 5.87. The molecule has 2 heterocycles. The number of sulfonamides is 1. The molecule has 104 valence electrons. The van der Waals surface area contributed by atoms with E-state index in [1.807, 2.05) is 0 Å². The van der Waals surface area contributed by atoms with Crippen molar-refractivity contribution in [1.82, 2.24) is 10.0 Å². The Morgan fingerprint density at radius 3 is 2.72 bits per heavy atom. The Hall–Kier alpha value is -0.340. The average molecular weight is 313 g/mol. The van der Waals surface area contributed by atoms with Crippen molar-refractivity contribution in [2.75, 3.05) is 20.2 Å². The minimum Gasteiger partial charge on any atom is -0.494 e. The number of piperidine rings is 1. The topological polar surface area (TPSA) is 67.4 Å². The molecule has 0 spiro atoms. The molecule has 0 saturated carbocycles. The van der Waals surface area contributed by atoms with Crippen molar-refractivity contribution in [3.8, 4) is 5.75 Å². The largest absolute Gasteiger partial charge is 0.494 e. The summed E-state index contributed by atoms with van der Waals surface area (Å²) < 4.78 is 32.3. The van der Waals surface area contributed by atoms with Gasteiger partial charge in [0.2, 0.25) is 0 Å². The zero-order valence-corrected chi connectivity index (χ0v) is 12.5. The van der Waals surface area contributed by atoms with Gasteiger partial charge < -0.3 is 10.1 Å². The van der Waals surface area contributed by atoms with Crippen LogP contribution < -0.4 is 14.8 Å². The summed E-state index contributed by atoms with van der Waals surface area (Å²) in [6.45, 7) is 1.71. The van der Waals surface area contributed by atoms with E-state index in [0.717, 1.165) is 25.9 Å². The summed E-state index contributed by atoms with van der Waals surface area (Å²) in [5.74, 6) is 0.413. The Bertz CT molecular complexity index is 469. The van der Waals surface area contributed by atoms with E-state index in [-0.39, 0.29) is 22.7 Å². The van der Waals surface area contributed by atoms with Crippen LogP contribution in [0, 0.1) is 0 Å². The number of thiophene rings is 1. The van der Waals surface area contributed by atoms with Crippen LogP contribution in [0.15, 0.2) is 15.7 Å². The maximum Gasteiger partial charge on any atom is 0.254 e. The highest BCUT2D eigenvalue weighted by Crippen LogP contribution is 2.29. The van der Waals surface area contributed by atoms with E-state index in [1.165, 1.54) is 18.4 Å². The van der Waals surface area contributed by atoms with Crippen LogP contribution in [0.1, 0.15) is 12.8 Å². The minimum absolute atomic E-state index is 0. The summed E-state index contributed by atoms with van der Waals surface area (Å²) in [5.41, 5.74) is 0. The summed E-state index contributed by atoms with van der Waals surface area (Å²) in [7, 11) is -1.97. The molecule has 1 saturated heterocycles. The first-order valence-electron chi connectivity index (χ1n) is 5.48. The van der Waals surface area contributed by atoms with Gasteiger partial charge in [-0.1, -0.05) is 0 Å². The van der Waals surface area contributed by atoms with Crippen LogP contribution in [0.5, 0.6) is 5.75 Å². The van der Waals surface area contributed by atoms with Crippen molar-refractivity contribution in [3.63, 3.8) is 0 Å². The fraction of sp³-hybridized carbons (Fsp3) is 0.600. The third-order valence-corrected chi connectivity index (χ3v) is 5.69. The second-order valence-corrected chi connectivity index (χ2v) is 6.75. The number of ether oxygens (including phenoxy) is 1. The van der Waals surface area contributed by atoms with Crippen LogP contribution in [-0.2, 0) is 10.0 Å². The smallest absolute Gasteiger partial charge is 0.254 e. The molecule has 1 aliphatic rings. The summed E-state index contributed by atoms with van der Waals surface area (Å²) in [6.07, 6.45) is 1.65. The molecule has 0 aliphatic carbocycles. The number of hydrogen-bond donors (Lipinski definition) is 2. The molecule has 0 unspecified atom stereocenters. The molecule has 0 amide bonds. The predicted octanol–water partition coefficient (Wildman–Crippen LogP) is 1.21. The molecule has 5 nitrogen and oxygen atoms in total. The lowest BCUT2D eigenvalue weighted by Crippen LogP contribution is -2.42. The molecule has 8 heteroatoms. The van der Waals surface area contributed by atoms with Crippen LogP contribution in [0.2, 0.25) is 0 Å². The van der Waals surface area contributed by atoms with Gasteiger partial charge in [-0.3, -0.25) is 0 Å². The van der Waals surface area contributed by atoms with Crippen LogP contribution in [0.4, 0.5) is 0 Å². The van der Waals surface area contributed by atoms with Gasteiger partial charge in [0.1, 0.15) is 5.75 Å². The second kappa shape index (κ2) is 6.72. The van der Waals surface area contributed by atoms with Gasteiger partial charge in [0.25, 0.3) is 10.0 Å². The number of nitrogens with one attached hydrogen (secondary N) is 2. The van der Waals surface area contributed by atoms with Crippen LogP contribution >= 0.6 is 23.7 Å². The first-order chi connectivity index (χ1) is 8.13. The molecule has 0 bridgehead atoms. The highest BCUT2D eigenvalue weighted by molar-refractivity contribution is 7.91. The van der Waals surface area contributed by atoms with Crippen molar-refractivity contribution in [3.05, 3.63) is 11.4 Å². The van der Waals surface area contributed by atoms with Gasteiger partial charge in [-0.25, -0.2) is 13.1 Å². The Morgan fingerprint density at radius 2 is 2.11 bits per heavy atom. The van der Waals surface area contributed by atoms with Crippen molar-refractivity contribution in [2.45, 2.75) is 23.1 Å². The van der Waals surface area contributed by atoms with Gasteiger partial charge >= 0.3 is 0 Å². The minimum atomic E-state index is -3.44. The average Bonchev–Trinajstić information content (AvgIpc) is 2.78. The quantitative estimate of drug-likeness (QED) is 0.877. The highest BCUT2D eigenvalue weighted by atomic mass is 35.5. The van der Waals surface area contributed by atoms with Crippen LogP contribution in [0.25, 0.3) is 0 Å². The van der Waals surface area contributed by atoms with E-state index in [0.29, 0.717) is 5.75 Å². The molecule has 18 heavy (non-hydrogen) atoms. The number of halogens is 1. The standard InChI is InChI=1S/C10H16N2O3S2.ClH/c1-15-9-4-7-16-10(9)17(13,14)12-8-2-5-11-6-3-8;/h4,7-8,11-12H,2-3,5-6H2,1H3;1H. The van der Waals surface area contributed by atoms with E-state index in [2.05, 4.69) is 10.0 Å². The monoisotopic (exact) mass is 312 g/mol. The zero-order chi connectivity index (χ0) is 12.3. The van der Waals surface area contributed by atoms with E-state index < -0.39 is 10.0 Å². The summed E-state index contributed by atoms with van der Waals surface area (Å²) in [6, 6.07) is 1.69.